The van der Waals surface area contributed by atoms with Crippen LogP contribution in [0.15, 0.2) is 24.3 Å². The number of anilines is 1. The molecule has 0 aliphatic rings. The molecular formula is C10H10ClN3. The first-order valence-electron chi connectivity index (χ1n) is 4.24. The summed E-state index contributed by atoms with van der Waals surface area (Å²) in [5.41, 5.74) is 9.22. The van der Waals surface area contributed by atoms with Gasteiger partial charge in [0.25, 0.3) is 0 Å². The third kappa shape index (κ3) is 1.59. The lowest BCUT2D eigenvalue weighted by Gasteiger charge is -2.01. The van der Waals surface area contributed by atoms with Gasteiger partial charge in [0.1, 0.15) is 0 Å². The van der Waals surface area contributed by atoms with Gasteiger partial charge in [-0.1, -0.05) is 11.6 Å². The van der Waals surface area contributed by atoms with E-state index in [1.165, 1.54) is 0 Å². The molecule has 2 rings (SSSR count). The zero-order valence-corrected chi connectivity index (χ0v) is 8.47. The van der Waals surface area contributed by atoms with E-state index in [-0.39, 0.29) is 0 Å². The Morgan fingerprint density at radius 3 is 2.71 bits per heavy atom. The number of H-pyrrole nitrogens is 1. The SMILES string of the molecule is Cc1cc(-c2ccc(Cl)cc2N)n[nH]1. The predicted octanol–water partition coefficient (Wildman–Crippen LogP) is 2.62. The minimum atomic E-state index is 0.638. The smallest absolute Gasteiger partial charge is 0.0944 e. The quantitative estimate of drug-likeness (QED) is 0.707. The highest BCUT2D eigenvalue weighted by molar-refractivity contribution is 6.31. The Labute approximate surface area is 86.9 Å². The van der Waals surface area contributed by atoms with E-state index in [1.54, 1.807) is 12.1 Å². The van der Waals surface area contributed by atoms with Crippen molar-refractivity contribution in [2.24, 2.45) is 0 Å². The summed E-state index contributed by atoms with van der Waals surface area (Å²) in [6, 6.07) is 7.34. The molecule has 0 aliphatic heterocycles. The normalized spacial score (nSPS) is 10.4. The summed E-state index contributed by atoms with van der Waals surface area (Å²) in [5, 5.41) is 7.64. The molecule has 2 aromatic rings. The first-order chi connectivity index (χ1) is 6.66. The van der Waals surface area contributed by atoms with Crippen molar-refractivity contribution in [1.29, 1.82) is 0 Å². The molecule has 0 fully saturated rings. The van der Waals surface area contributed by atoms with Gasteiger partial charge in [0.15, 0.2) is 0 Å². The van der Waals surface area contributed by atoms with E-state index in [1.807, 2.05) is 19.1 Å². The standard InChI is InChI=1S/C10H10ClN3/c1-6-4-10(14-13-6)8-3-2-7(11)5-9(8)12/h2-5H,12H2,1H3,(H,13,14). The summed E-state index contributed by atoms with van der Waals surface area (Å²) in [7, 11) is 0. The molecule has 4 heteroatoms. The number of aromatic nitrogens is 2. The van der Waals surface area contributed by atoms with Gasteiger partial charge in [-0.25, -0.2) is 0 Å². The number of nitrogen functional groups attached to an aromatic ring is 1. The van der Waals surface area contributed by atoms with Gasteiger partial charge in [0.05, 0.1) is 5.69 Å². The van der Waals surface area contributed by atoms with Crippen molar-refractivity contribution in [2.75, 3.05) is 5.73 Å². The molecule has 1 aromatic heterocycles. The van der Waals surface area contributed by atoms with Crippen LogP contribution in [0.3, 0.4) is 0 Å². The maximum atomic E-state index is 5.82. The topological polar surface area (TPSA) is 54.7 Å². The zero-order valence-electron chi connectivity index (χ0n) is 7.71. The van der Waals surface area contributed by atoms with E-state index in [2.05, 4.69) is 10.2 Å². The van der Waals surface area contributed by atoms with Crippen molar-refractivity contribution in [3.8, 4) is 11.3 Å². The number of nitrogens with one attached hydrogen (secondary N) is 1. The molecule has 0 saturated carbocycles. The van der Waals surface area contributed by atoms with Crippen LogP contribution in [0, 0.1) is 6.92 Å². The van der Waals surface area contributed by atoms with Crippen molar-refractivity contribution in [1.82, 2.24) is 10.2 Å². The molecular weight excluding hydrogens is 198 g/mol. The van der Waals surface area contributed by atoms with Crippen LogP contribution in [0.4, 0.5) is 5.69 Å². The van der Waals surface area contributed by atoms with Crippen molar-refractivity contribution < 1.29 is 0 Å². The minimum absolute atomic E-state index is 0.638. The summed E-state index contributed by atoms with van der Waals surface area (Å²) in [6.07, 6.45) is 0. The molecule has 0 unspecified atom stereocenters. The van der Waals surface area contributed by atoms with E-state index in [9.17, 15) is 0 Å². The number of nitrogens with zero attached hydrogens (tertiary/aromatic N) is 1. The van der Waals surface area contributed by atoms with E-state index < -0.39 is 0 Å². The van der Waals surface area contributed by atoms with Gasteiger partial charge in [0, 0.05) is 22.0 Å². The van der Waals surface area contributed by atoms with Crippen molar-refractivity contribution in [3.05, 3.63) is 35.0 Å². The van der Waals surface area contributed by atoms with Crippen LogP contribution in [-0.2, 0) is 0 Å². The van der Waals surface area contributed by atoms with Crippen molar-refractivity contribution in [2.45, 2.75) is 6.92 Å². The van der Waals surface area contributed by atoms with Gasteiger partial charge in [-0.3, -0.25) is 5.10 Å². The molecule has 0 bridgehead atoms. The Kier molecular flexibility index (Phi) is 2.17. The van der Waals surface area contributed by atoms with Crippen LogP contribution >= 0.6 is 11.6 Å². The lowest BCUT2D eigenvalue weighted by atomic mass is 10.1. The van der Waals surface area contributed by atoms with Crippen LogP contribution in [0.25, 0.3) is 11.3 Å². The molecule has 0 amide bonds. The molecule has 14 heavy (non-hydrogen) atoms. The van der Waals surface area contributed by atoms with E-state index in [0.717, 1.165) is 17.0 Å². The number of aromatic amines is 1. The number of aryl methyl sites for hydroxylation is 1. The number of hydrogen-bond donors (Lipinski definition) is 2. The molecule has 0 atom stereocenters. The van der Waals surface area contributed by atoms with E-state index >= 15 is 0 Å². The molecule has 1 heterocycles. The number of halogens is 1. The summed E-state index contributed by atoms with van der Waals surface area (Å²) in [5.74, 6) is 0. The summed E-state index contributed by atoms with van der Waals surface area (Å²) < 4.78 is 0. The lowest BCUT2D eigenvalue weighted by molar-refractivity contribution is 1.05. The second-order valence-electron chi connectivity index (χ2n) is 3.17. The molecule has 0 spiro atoms. The van der Waals surface area contributed by atoms with Crippen LogP contribution < -0.4 is 5.73 Å². The maximum absolute atomic E-state index is 5.82. The number of nitrogens with two attached hydrogens (primary N) is 1. The van der Waals surface area contributed by atoms with Gasteiger partial charge in [-0.15, -0.1) is 0 Å². The van der Waals surface area contributed by atoms with Crippen molar-refractivity contribution in [3.63, 3.8) is 0 Å². The maximum Gasteiger partial charge on any atom is 0.0944 e. The minimum Gasteiger partial charge on any atom is -0.398 e. The van der Waals surface area contributed by atoms with Gasteiger partial charge in [-0.05, 0) is 31.2 Å². The molecule has 0 radical (unpaired) electrons. The average molecular weight is 208 g/mol. The number of hydrogen-bond acceptors (Lipinski definition) is 2. The van der Waals surface area contributed by atoms with Crippen LogP contribution in [0.1, 0.15) is 5.69 Å². The fraction of sp³-hybridized carbons (Fsp3) is 0.100. The average Bonchev–Trinajstić information content (AvgIpc) is 2.51. The zero-order chi connectivity index (χ0) is 10.1. The van der Waals surface area contributed by atoms with Crippen LogP contribution in [0.5, 0.6) is 0 Å². The summed E-state index contributed by atoms with van der Waals surface area (Å²) in [6.45, 7) is 1.95. The predicted molar refractivity (Wildman–Crippen MR) is 58.2 cm³/mol. The molecule has 3 nitrogen and oxygen atoms in total. The van der Waals surface area contributed by atoms with Gasteiger partial charge in [0.2, 0.25) is 0 Å². The van der Waals surface area contributed by atoms with Crippen LogP contribution in [-0.4, -0.2) is 10.2 Å². The summed E-state index contributed by atoms with van der Waals surface area (Å²) >= 11 is 5.80. The Morgan fingerprint density at radius 1 is 1.36 bits per heavy atom. The first-order valence-corrected chi connectivity index (χ1v) is 4.62. The van der Waals surface area contributed by atoms with E-state index in [0.29, 0.717) is 10.7 Å². The Balaban J connectivity index is 2.52. The molecule has 0 aliphatic carbocycles. The second-order valence-corrected chi connectivity index (χ2v) is 3.60. The molecule has 72 valence electrons. The number of rotatable bonds is 1. The Hall–Kier alpha value is -1.48. The second kappa shape index (κ2) is 3.35. The highest BCUT2D eigenvalue weighted by Crippen LogP contribution is 2.26. The van der Waals surface area contributed by atoms with E-state index in [4.69, 9.17) is 17.3 Å². The lowest BCUT2D eigenvalue weighted by Crippen LogP contribution is -1.89. The highest BCUT2D eigenvalue weighted by Gasteiger charge is 2.05. The molecule has 1 aromatic carbocycles. The van der Waals surface area contributed by atoms with Gasteiger partial charge in [-0.2, -0.15) is 5.10 Å². The highest BCUT2D eigenvalue weighted by atomic mass is 35.5. The number of benzene rings is 1. The van der Waals surface area contributed by atoms with Crippen LogP contribution in [0.2, 0.25) is 5.02 Å². The van der Waals surface area contributed by atoms with Crippen molar-refractivity contribution >= 4 is 17.3 Å². The van der Waals surface area contributed by atoms with Gasteiger partial charge >= 0.3 is 0 Å². The fourth-order valence-electron chi connectivity index (χ4n) is 1.32. The molecule has 3 N–H and O–H groups in total. The Bertz CT molecular complexity index is 462. The largest absolute Gasteiger partial charge is 0.398 e. The third-order valence-electron chi connectivity index (χ3n) is 2.00. The van der Waals surface area contributed by atoms with Gasteiger partial charge < -0.3 is 5.73 Å². The Morgan fingerprint density at radius 2 is 2.14 bits per heavy atom. The third-order valence-corrected chi connectivity index (χ3v) is 2.23. The summed E-state index contributed by atoms with van der Waals surface area (Å²) in [4.78, 5) is 0. The fourth-order valence-corrected chi connectivity index (χ4v) is 1.50. The first kappa shape index (κ1) is 9.09. The molecule has 0 saturated heterocycles. The monoisotopic (exact) mass is 207 g/mol.